The second kappa shape index (κ2) is 20.6. The van der Waals surface area contributed by atoms with Gasteiger partial charge in [-0.2, -0.15) is 5.10 Å². The van der Waals surface area contributed by atoms with E-state index in [-0.39, 0.29) is 48.4 Å². The van der Waals surface area contributed by atoms with E-state index in [0.717, 1.165) is 91.0 Å². The van der Waals surface area contributed by atoms with Crippen LogP contribution in [0.1, 0.15) is 122 Å². The number of β-amino-alcohol motifs (C(OH)–C–C–N with tert-alkyl or cyclic N) is 1. The van der Waals surface area contributed by atoms with Crippen LogP contribution in [0.25, 0.3) is 32.8 Å². The van der Waals surface area contributed by atoms with Gasteiger partial charge in [0.2, 0.25) is 17.7 Å². The lowest BCUT2D eigenvalue weighted by Gasteiger charge is -2.46. The zero-order chi connectivity index (χ0) is 49.3. The van der Waals surface area contributed by atoms with E-state index in [0.29, 0.717) is 34.4 Å². The molecular weight excluding hydrogens is 901 g/mol. The molecular formula is C54H70N10O5S. The molecule has 15 nitrogen and oxygen atoms in total. The van der Waals surface area contributed by atoms with Gasteiger partial charge >= 0.3 is 0 Å². The molecule has 2 aliphatic carbocycles. The summed E-state index contributed by atoms with van der Waals surface area (Å²) >= 11 is 1.59. The maximum atomic E-state index is 14.4. The average molecular weight is 971 g/mol. The van der Waals surface area contributed by atoms with Crippen LogP contribution in [-0.4, -0.2) is 107 Å². The summed E-state index contributed by atoms with van der Waals surface area (Å²) in [4.78, 5) is 51.7. The van der Waals surface area contributed by atoms with Gasteiger partial charge in [0.15, 0.2) is 5.82 Å². The summed E-state index contributed by atoms with van der Waals surface area (Å²) in [5, 5.41) is 40.6. The van der Waals surface area contributed by atoms with E-state index in [1.165, 1.54) is 30.6 Å². The highest BCUT2D eigenvalue weighted by Gasteiger charge is 2.46. The van der Waals surface area contributed by atoms with Crippen LogP contribution in [0.4, 0.5) is 5.82 Å². The second-order valence-corrected chi connectivity index (χ2v) is 22.7. The maximum Gasteiger partial charge on any atom is 0.246 e. The van der Waals surface area contributed by atoms with Gasteiger partial charge in [0, 0.05) is 48.3 Å². The molecule has 2 saturated heterocycles. The van der Waals surface area contributed by atoms with Crippen LogP contribution in [-0.2, 0) is 14.4 Å². The predicted octanol–water partition coefficient (Wildman–Crippen LogP) is 8.10. The minimum absolute atomic E-state index is 0.0408. The van der Waals surface area contributed by atoms with Crippen molar-refractivity contribution in [2.45, 2.75) is 136 Å². The number of likely N-dealkylation sites (tertiary alicyclic amines) is 2. The van der Waals surface area contributed by atoms with E-state index in [9.17, 15) is 24.6 Å². The number of rotatable bonds is 12. The number of aromatic hydroxyl groups is 1. The largest absolute Gasteiger partial charge is 0.507 e. The van der Waals surface area contributed by atoms with Crippen LogP contribution in [0, 0.1) is 29.6 Å². The summed E-state index contributed by atoms with van der Waals surface area (Å²) < 4.78 is 2.10. The third kappa shape index (κ3) is 10.8. The van der Waals surface area contributed by atoms with E-state index in [4.69, 9.17) is 10.8 Å². The lowest BCUT2D eigenvalue weighted by atomic mass is 9.67. The molecule has 4 unspecified atom stereocenters. The van der Waals surface area contributed by atoms with Crippen molar-refractivity contribution in [1.82, 2.24) is 45.4 Å². The van der Waals surface area contributed by atoms with Gasteiger partial charge in [-0.15, -0.1) is 21.5 Å². The Morgan fingerprint density at radius 1 is 0.900 bits per heavy atom. The Hall–Kier alpha value is -5.71. The standard InChI is InChI=1S/C54H70N10O5S/c1-33(36-14-16-37(17-15-36)47-34(2)56-32-70-47)58-51(68)45-26-41(65)31-63(45)52(69)48(53(3,4)5)59-50(67)38-12-10-35(11-13-38)29-62-24-22-54(23-25-62)20-18-40(19-21-54)64-30-39(28-57-64)43-27-44(60-61-49(43)55)42-8-6-7-9-46(42)66/h6-9,14-17,27-28,30,32-33,35,38,40-41,45,48,65-66H,10-13,18-26,29,31H2,1-5H3,(H2,55,61)(H,58,68)(H,59,67). The minimum Gasteiger partial charge on any atom is -0.507 e. The molecule has 5 heterocycles. The van der Waals surface area contributed by atoms with Crippen LogP contribution in [0.15, 0.2) is 72.5 Å². The van der Waals surface area contributed by atoms with Crippen molar-refractivity contribution >= 4 is 34.9 Å². The Kier molecular flexibility index (Phi) is 14.5. The number of nitrogen functional groups attached to an aromatic ring is 1. The van der Waals surface area contributed by atoms with Gasteiger partial charge in [-0.1, -0.05) is 57.2 Å². The predicted molar refractivity (Wildman–Crippen MR) is 272 cm³/mol. The second-order valence-electron chi connectivity index (χ2n) is 21.8. The molecule has 4 aliphatic rings. The van der Waals surface area contributed by atoms with Crippen molar-refractivity contribution in [1.29, 1.82) is 0 Å². The Morgan fingerprint density at radius 3 is 2.29 bits per heavy atom. The Labute approximate surface area is 415 Å². The van der Waals surface area contributed by atoms with Gasteiger partial charge in [0.1, 0.15) is 17.8 Å². The average Bonchev–Trinajstić information content (AvgIpc) is 4.12. The number of hydrogen-bond donors (Lipinski definition) is 5. The molecule has 3 aromatic heterocycles. The van der Waals surface area contributed by atoms with E-state index in [1.807, 2.05) is 88.8 Å². The number of amides is 3. The molecule has 3 amide bonds. The van der Waals surface area contributed by atoms with Gasteiger partial charge in [-0.3, -0.25) is 19.1 Å². The third-order valence-corrected chi connectivity index (χ3v) is 17.0. The number of phenols is 1. The number of aromatic nitrogens is 5. The topological polar surface area (TPSA) is 205 Å². The number of nitrogens with two attached hydrogens (primary N) is 1. The van der Waals surface area contributed by atoms with Crippen molar-refractivity contribution in [3.8, 4) is 38.6 Å². The number of carbonyl (C=O) groups is 3. The summed E-state index contributed by atoms with van der Waals surface area (Å²) in [6.07, 6.45) is 13.7. The molecule has 4 fully saturated rings. The molecule has 9 rings (SSSR count). The fourth-order valence-corrected chi connectivity index (χ4v) is 12.4. The maximum absolute atomic E-state index is 14.4. The minimum atomic E-state index is -0.846. The molecule has 4 atom stereocenters. The van der Waals surface area contributed by atoms with Gasteiger partial charge in [-0.05, 0) is 137 Å². The first-order valence-electron chi connectivity index (χ1n) is 25.3. The highest BCUT2D eigenvalue weighted by atomic mass is 32.1. The first-order chi connectivity index (χ1) is 33.5. The number of aliphatic hydroxyl groups excluding tert-OH is 1. The number of piperidine rings is 1. The van der Waals surface area contributed by atoms with Crippen LogP contribution in [0.3, 0.4) is 0 Å². The van der Waals surface area contributed by atoms with Gasteiger partial charge in [0.05, 0.1) is 46.2 Å². The van der Waals surface area contributed by atoms with Crippen molar-refractivity contribution in [3.05, 3.63) is 83.8 Å². The summed E-state index contributed by atoms with van der Waals surface area (Å²) in [5.41, 5.74) is 13.7. The molecule has 5 aromatic rings. The monoisotopic (exact) mass is 971 g/mol. The molecule has 0 bridgehead atoms. The van der Waals surface area contributed by atoms with Crippen molar-refractivity contribution < 1.29 is 24.6 Å². The zero-order valence-electron chi connectivity index (χ0n) is 41.3. The van der Waals surface area contributed by atoms with Crippen molar-refractivity contribution in [2.24, 2.45) is 22.7 Å². The van der Waals surface area contributed by atoms with Gasteiger partial charge < -0.3 is 36.4 Å². The lowest BCUT2D eigenvalue weighted by Crippen LogP contribution is -2.58. The molecule has 2 aromatic carbocycles. The van der Waals surface area contributed by atoms with Crippen LogP contribution in [0.2, 0.25) is 0 Å². The van der Waals surface area contributed by atoms with Crippen LogP contribution in [0.5, 0.6) is 5.75 Å². The zero-order valence-corrected chi connectivity index (χ0v) is 42.1. The summed E-state index contributed by atoms with van der Waals surface area (Å²) in [6.45, 7) is 13.0. The highest BCUT2D eigenvalue weighted by Crippen LogP contribution is 2.48. The van der Waals surface area contributed by atoms with Crippen molar-refractivity contribution in [2.75, 3.05) is 31.9 Å². The number of anilines is 1. The molecule has 1 spiro atoms. The van der Waals surface area contributed by atoms with Crippen LogP contribution < -0.4 is 16.4 Å². The molecule has 2 aliphatic heterocycles. The quantitative estimate of drug-likeness (QED) is 0.0808. The Balaban J connectivity index is 0.724. The Morgan fingerprint density at radius 2 is 1.61 bits per heavy atom. The first-order valence-corrected chi connectivity index (χ1v) is 26.2. The SMILES string of the molecule is Cc1ncsc1-c1ccc(C(C)NC(=O)C2CC(O)CN2C(=O)C(NC(=O)C2CCC(CN3CCC4(CCC(n5cc(-c6cc(-c7ccccc7O)nnc6N)cn5)CC4)CC3)CC2)C(C)(C)C)cc1. The number of aliphatic hydroxyl groups is 1. The van der Waals surface area contributed by atoms with E-state index in [1.54, 1.807) is 23.5 Å². The van der Waals surface area contributed by atoms with Gasteiger partial charge in [0.25, 0.3) is 0 Å². The Bertz CT molecular complexity index is 2630. The third-order valence-electron chi connectivity index (χ3n) is 16.0. The number of benzene rings is 2. The fraction of sp³-hybridized carbons (Fsp3) is 0.537. The number of hydrogen-bond acceptors (Lipinski definition) is 12. The number of phenolic OH excluding ortho intramolecular Hbond substituents is 1. The first kappa shape index (κ1) is 49.3. The number of para-hydroxylation sites is 1. The molecule has 6 N–H and O–H groups in total. The fourth-order valence-electron chi connectivity index (χ4n) is 11.6. The van der Waals surface area contributed by atoms with E-state index < -0.39 is 23.6 Å². The molecule has 0 radical (unpaired) electrons. The number of aryl methyl sites for hydroxylation is 1. The highest BCUT2D eigenvalue weighted by molar-refractivity contribution is 7.13. The summed E-state index contributed by atoms with van der Waals surface area (Å²) in [6, 6.07) is 15.3. The smallest absolute Gasteiger partial charge is 0.246 e. The van der Waals surface area contributed by atoms with Crippen LogP contribution >= 0.6 is 11.3 Å². The number of carbonyl (C=O) groups excluding carboxylic acids is 3. The normalized spacial score (nSPS) is 23.0. The van der Waals surface area contributed by atoms with Gasteiger partial charge in [-0.25, -0.2) is 4.98 Å². The lowest BCUT2D eigenvalue weighted by molar-refractivity contribution is -0.145. The molecule has 372 valence electrons. The van der Waals surface area contributed by atoms with Crippen molar-refractivity contribution in [3.63, 3.8) is 0 Å². The number of nitrogens with zero attached hydrogens (tertiary/aromatic N) is 7. The number of nitrogens with one attached hydrogen (secondary N) is 2. The summed E-state index contributed by atoms with van der Waals surface area (Å²) in [7, 11) is 0. The molecule has 2 saturated carbocycles. The number of thiazole rings is 1. The molecule has 16 heteroatoms. The van der Waals surface area contributed by atoms with E-state index in [2.05, 4.69) is 41.6 Å². The summed E-state index contributed by atoms with van der Waals surface area (Å²) in [5.74, 6) is 0.0880. The van der Waals surface area contributed by atoms with E-state index >= 15 is 0 Å². The molecule has 70 heavy (non-hydrogen) atoms.